The van der Waals surface area contributed by atoms with E-state index in [0.717, 1.165) is 16.9 Å². The molecule has 2 unspecified atom stereocenters. The van der Waals surface area contributed by atoms with Crippen LogP contribution in [0, 0.1) is 0 Å². The van der Waals surface area contributed by atoms with E-state index in [1.165, 1.54) is 0 Å². The lowest BCUT2D eigenvalue weighted by molar-refractivity contribution is 0.129. The van der Waals surface area contributed by atoms with Crippen molar-refractivity contribution in [2.75, 3.05) is 13.2 Å². The molecular formula is C16H17NO3. The number of fused-ring (bicyclic) bond motifs is 1. The molecule has 20 heavy (non-hydrogen) atoms. The number of rotatable bonds is 4. The molecule has 2 aromatic rings. The van der Waals surface area contributed by atoms with E-state index in [1.54, 1.807) is 12.4 Å². The van der Waals surface area contributed by atoms with Crippen LogP contribution in [0.25, 0.3) is 0 Å². The van der Waals surface area contributed by atoms with Crippen LogP contribution in [0.3, 0.4) is 0 Å². The summed E-state index contributed by atoms with van der Waals surface area (Å²) >= 11 is 0. The third-order valence-corrected chi connectivity index (χ3v) is 3.50. The highest BCUT2D eigenvalue weighted by Gasteiger charge is 2.31. The fraction of sp³-hybridized carbons (Fsp3) is 0.312. The molecule has 1 N–H and O–H groups in total. The van der Waals surface area contributed by atoms with Gasteiger partial charge in [0.2, 0.25) is 0 Å². The van der Waals surface area contributed by atoms with Crippen molar-refractivity contribution in [2.45, 2.75) is 18.9 Å². The van der Waals surface area contributed by atoms with Crippen LogP contribution in [0.15, 0.2) is 42.7 Å². The first-order chi connectivity index (χ1) is 9.79. The Morgan fingerprint density at radius 1 is 1.40 bits per heavy atom. The van der Waals surface area contributed by atoms with E-state index in [1.807, 2.05) is 37.3 Å². The summed E-state index contributed by atoms with van der Waals surface area (Å²) in [5, 5.41) is 10.6. The molecule has 0 fully saturated rings. The average Bonchev–Trinajstić information content (AvgIpc) is 2.91. The highest BCUT2D eigenvalue weighted by atomic mass is 16.5. The minimum Gasteiger partial charge on any atom is -0.493 e. The standard InChI is InChI=1S/C16H17NO3/c1-2-19-12-7-11(8-17-9-12)16(18)14-10-20-15-6-4-3-5-13(14)15/h3-9,14,16,18H,2,10H2,1H3. The zero-order valence-corrected chi connectivity index (χ0v) is 11.3. The van der Waals surface area contributed by atoms with E-state index in [0.29, 0.717) is 19.0 Å². The van der Waals surface area contributed by atoms with Crippen molar-refractivity contribution in [3.63, 3.8) is 0 Å². The number of pyridine rings is 1. The average molecular weight is 271 g/mol. The first kappa shape index (κ1) is 12.9. The fourth-order valence-electron chi connectivity index (χ4n) is 2.52. The van der Waals surface area contributed by atoms with E-state index in [4.69, 9.17) is 9.47 Å². The molecule has 104 valence electrons. The molecule has 4 nitrogen and oxygen atoms in total. The third kappa shape index (κ3) is 2.34. The van der Waals surface area contributed by atoms with Crippen LogP contribution < -0.4 is 9.47 Å². The maximum atomic E-state index is 10.6. The van der Waals surface area contributed by atoms with Gasteiger partial charge < -0.3 is 14.6 Å². The Hall–Kier alpha value is -2.07. The zero-order chi connectivity index (χ0) is 13.9. The molecule has 2 atom stereocenters. The zero-order valence-electron chi connectivity index (χ0n) is 11.3. The second kappa shape index (κ2) is 5.51. The van der Waals surface area contributed by atoms with Gasteiger partial charge in [0.1, 0.15) is 11.5 Å². The van der Waals surface area contributed by atoms with Crippen LogP contribution in [-0.2, 0) is 0 Å². The highest BCUT2D eigenvalue weighted by molar-refractivity contribution is 5.41. The summed E-state index contributed by atoms with van der Waals surface area (Å²) in [7, 11) is 0. The minimum absolute atomic E-state index is 0.0649. The first-order valence-corrected chi connectivity index (χ1v) is 6.77. The molecule has 3 rings (SSSR count). The first-order valence-electron chi connectivity index (χ1n) is 6.77. The molecule has 0 aliphatic carbocycles. The number of benzene rings is 1. The number of aromatic nitrogens is 1. The topological polar surface area (TPSA) is 51.6 Å². The highest BCUT2D eigenvalue weighted by Crippen LogP contribution is 2.41. The van der Waals surface area contributed by atoms with Crippen molar-refractivity contribution in [1.82, 2.24) is 4.98 Å². The van der Waals surface area contributed by atoms with E-state index >= 15 is 0 Å². The number of ether oxygens (including phenoxy) is 2. The van der Waals surface area contributed by atoms with Crippen molar-refractivity contribution < 1.29 is 14.6 Å². The number of hydrogen-bond donors (Lipinski definition) is 1. The van der Waals surface area contributed by atoms with Crippen LogP contribution in [-0.4, -0.2) is 23.3 Å². The van der Waals surface area contributed by atoms with Crippen LogP contribution in [0.1, 0.15) is 30.1 Å². The Bertz CT molecular complexity index is 600. The van der Waals surface area contributed by atoms with Gasteiger partial charge in [-0.25, -0.2) is 0 Å². The Morgan fingerprint density at radius 3 is 3.10 bits per heavy atom. The Kier molecular flexibility index (Phi) is 3.56. The predicted molar refractivity (Wildman–Crippen MR) is 75.0 cm³/mol. The van der Waals surface area contributed by atoms with Crippen LogP contribution in [0.2, 0.25) is 0 Å². The normalized spacial score (nSPS) is 18.2. The summed E-state index contributed by atoms with van der Waals surface area (Å²) in [4.78, 5) is 4.13. The van der Waals surface area contributed by atoms with Gasteiger partial charge in [-0.1, -0.05) is 18.2 Å². The summed E-state index contributed by atoms with van der Waals surface area (Å²) in [5.74, 6) is 1.46. The molecule has 0 bridgehead atoms. The quantitative estimate of drug-likeness (QED) is 0.929. The lowest BCUT2D eigenvalue weighted by atomic mass is 9.91. The number of hydrogen-bond acceptors (Lipinski definition) is 4. The molecule has 4 heteroatoms. The van der Waals surface area contributed by atoms with Crippen LogP contribution >= 0.6 is 0 Å². The van der Waals surface area contributed by atoms with Gasteiger partial charge in [-0.05, 0) is 19.1 Å². The summed E-state index contributed by atoms with van der Waals surface area (Å²) in [6, 6.07) is 9.65. The van der Waals surface area contributed by atoms with Crippen molar-refractivity contribution >= 4 is 0 Å². The summed E-state index contributed by atoms with van der Waals surface area (Å²) < 4.78 is 11.0. The Balaban J connectivity index is 1.86. The van der Waals surface area contributed by atoms with Gasteiger partial charge in [0.15, 0.2) is 0 Å². The molecule has 2 heterocycles. The molecule has 0 saturated heterocycles. The number of para-hydroxylation sites is 1. The Labute approximate surface area is 118 Å². The maximum Gasteiger partial charge on any atom is 0.137 e. The number of aliphatic hydroxyl groups is 1. The van der Waals surface area contributed by atoms with Crippen LogP contribution in [0.4, 0.5) is 0 Å². The summed E-state index contributed by atoms with van der Waals surface area (Å²) in [6.07, 6.45) is 2.68. The van der Waals surface area contributed by atoms with Crippen LogP contribution in [0.5, 0.6) is 11.5 Å². The smallest absolute Gasteiger partial charge is 0.137 e. The monoisotopic (exact) mass is 271 g/mol. The van der Waals surface area contributed by atoms with E-state index < -0.39 is 6.10 Å². The van der Waals surface area contributed by atoms with E-state index in [-0.39, 0.29) is 5.92 Å². The lowest BCUT2D eigenvalue weighted by Crippen LogP contribution is -2.12. The summed E-state index contributed by atoms with van der Waals surface area (Å²) in [5.41, 5.74) is 1.79. The molecule has 0 radical (unpaired) electrons. The van der Waals surface area contributed by atoms with Gasteiger partial charge in [-0.2, -0.15) is 0 Å². The molecule has 1 aliphatic rings. The minimum atomic E-state index is -0.647. The van der Waals surface area contributed by atoms with Crippen molar-refractivity contribution in [3.8, 4) is 11.5 Å². The second-order valence-corrected chi connectivity index (χ2v) is 4.79. The largest absolute Gasteiger partial charge is 0.493 e. The number of nitrogens with zero attached hydrogens (tertiary/aromatic N) is 1. The number of aliphatic hydroxyl groups excluding tert-OH is 1. The molecule has 1 aromatic carbocycles. The Morgan fingerprint density at radius 2 is 2.25 bits per heavy atom. The van der Waals surface area contributed by atoms with Crippen molar-refractivity contribution in [2.24, 2.45) is 0 Å². The molecule has 0 saturated carbocycles. The summed E-state index contributed by atoms with van der Waals surface area (Å²) in [6.45, 7) is 2.99. The molecule has 1 aliphatic heterocycles. The van der Waals surface area contributed by atoms with Gasteiger partial charge in [0.05, 0.1) is 31.4 Å². The third-order valence-electron chi connectivity index (χ3n) is 3.50. The van der Waals surface area contributed by atoms with Gasteiger partial charge in [0.25, 0.3) is 0 Å². The van der Waals surface area contributed by atoms with Crippen molar-refractivity contribution in [3.05, 3.63) is 53.9 Å². The predicted octanol–water partition coefficient (Wildman–Crippen LogP) is 2.69. The van der Waals surface area contributed by atoms with Gasteiger partial charge in [-0.3, -0.25) is 4.98 Å². The van der Waals surface area contributed by atoms with Gasteiger partial charge in [-0.15, -0.1) is 0 Å². The lowest BCUT2D eigenvalue weighted by Gasteiger charge is -2.17. The van der Waals surface area contributed by atoms with Crippen molar-refractivity contribution in [1.29, 1.82) is 0 Å². The molecule has 0 spiro atoms. The molecule has 0 amide bonds. The van der Waals surface area contributed by atoms with E-state index in [2.05, 4.69) is 4.98 Å². The van der Waals surface area contributed by atoms with Gasteiger partial charge >= 0.3 is 0 Å². The SMILES string of the molecule is CCOc1cncc(C(O)C2COc3ccccc32)c1. The van der Waals surface area contributed by atoms with E-state index in [9.17, 15) is 5.11 Å². The van der Waals surface area contributed by atoms with Gasteiger partial charge in [0, 0.05) is 17.3 Å². The second-order valence-electron chi connectivity index (χ2n) is 4.79. The maximum absolute atomic E-state index is 10.6. The molecular weight excluding hydrogens is 254 g/mol. The molecule has 1 aromatic heterocycles. The fourth-order valence-corrected chi connectivity index (χ4v) is 2.52.